The van der Waals surface area contributed by atoms with Crippen molar-refractivity contribution >= 4 is 81.5 Å². The number of aromatic carboxylic acids is 2. The van der Waals surface area contributed by atoms with Gasteiger partial charge in [0.2, 0.25) is 11.8 Å². The van der Waals surface area contributed by atoms with Crippen LogP contribution < -0.4 is 21.3 Å². The van der Waals surface area contributed by atoms with Crippen LogP contribution in [0.3, 0.4) is 0 Å². The van der Waals surface area contributed by atoms with Crippen LogP contribution in [0.1, 0.15) is 33.6 Å². The largest absolute Gasteiger partial charge is 0.478 e. The lowest BCUT2D eigenvalue weighted by Crippen LogP contribution is -2.35. The molecule has 0 aliphatic carbocycles. The number of carbonyl (C=O) groups is 4. The third-order valence-corrected chi connectivity index (χ3v) is 9.24. The van der Waals surface area contributed by atoms with Crippen LogP contribution >= 0.6 is 46.4 Å². The highest BCUT2D eigenvalue weighted by Crippen LogP contribution is 2.38. The molecule has 2 aromatic carbocycles. The molecule has 0 bridgehead atoms. The summed E-state index contributed by atoms with van der Waals surface area (Å²) in [6.45, 7) is 1.35. The molecule has 6 N–H and O–H groups in total. The van der Waals surface area contributed by atoms with Gasteiger partial charge in [-0.15, -0.1) is 24.8 Å². The van der Waals surface area contributed by atoms with Gasteiger partial charge < -0.3 is 31.5 Å². The van der Waals surface area contributed by atoms with Crippen molar-refractivity contribution in [3.05, 3.63) is 59.7 Å². The highest BCUT2D eigenvalue weighted by Gasteiger charge is 2.34. The Kier molecular flexibility index (Phi) is 12.2. The molecule has 4 atom stereocenters. The third kappa shape index (κ3) is 8.52. The van der Waals surface area contributed by atoms with Gasteiger partial charge in [0.05, 0.1) is 23.2 Å². The summed E-state index contributed by atoms with van der Waals surface area (Å²) in [6.07, 6.45) is 1.29. The van der Waals surface area contributed by atoms with Crippen molar-refractivity contribution in [3.63, 3.8) is 0 Å². The van der Waals surface area contributed by atoms with Gasteiger partial charge in [0.1, 0.15) is 0 Å². The summed E-state index contributed by atoms with van der Waals surface area (Å²) in [6, 6.07) is 11.6. The highest BCUT2D eigenvalue weighted by atomic mass is 35.5. The van der Waals surface area contributed by atoms with E-state index in [-0.39, 0.29) is 70.3 Å². The van der Waals surface area contributed by atoms with Crippen molar-refractivity contribution in [2.75, 3.05) is 23.7 Å². The molecule has 2 heterocycles. The molecule has 0 unspecified atom stereocenters. The van der Waals surface area contributed by atoms with Crippen molar-refractivity contribution in [2.45, 2.75) is 35.4 Å². The Labute approximate surface area is 239 Å². The van der Waals surface area contributed by atoms with E-state index in [1.165, 1.54) is 24.3 Å². The minimum Gasteiger partial charge on any atom is -0.478 e. The van der Waals surface area contributed by atoms with Gasteiger partial charge >= 0.3 is 11.9 Å². The number of carboxylic acid groups (broad SMARTS) is 2. The van der Waals surface area contributed by atoms with Crippen molar-refractivity contribution in [1.29, 1.82) is 0 Å². The Hall–Kier alpha value is -2.48. The molecule has 0 radical (unpaired) electrons. The maximum atomic E-state index is 12.6. The van der Waals surface area contributed by atoms with Crippen molar-refractivity contribution in [2.24, 2.45) is 0 Å². The number of benzene rings is 2. The molecular formula is C24H28Cl2N4O6S2. The number of halogens is 2. The average Bonchev–Trinajstić information content (AvgIpc) is 3.53. The molecule has 2 aromatic rings. The lowest BCUT2D eigenvalue weighted by atomic mass is 10.1. The molecule has 2 fully saturated rings. The monoisotopic (exact) mass is 602 g/mol. The van der Waals surface area contributed by atoms with Crippen molar-refractivity contribution < 1.29 is 29.4 Å². The van der Waals surface area contributed by atoms with Crippen LogP contribution in [0.25, 0.3) is 0 Å². The molecule has 2 aliphatic rings. The van der Waals surface area contributed by atoms with Gasteiger partial charge in [0, 0.05) is 35.0 Å². The zero-order chi connectivity index (χ0) is 25.7. The molecule has 2 aliphatic heterocycles. The Morgan fingerprint density at radius 1 is 0.711 bits per heavy atom. The van der Waals surface area contributed by atoms with E-state index in [0.717, 1.165) is 0 Å². The highest BCUT2D eigenvalue weighted by molar-refractivity contribution is 8.77. The SMILES string of the molecule is Cl.Cl.O=C(O)c1cccc(NC(=O)[C@@H]2C[C@H](SS[C@@H]3CN[C@H](C(=O)Nc4cccc(C(=O)O)c4)C3)CN2)c1. The number of hydrogen-bond donors (Lipinski definition) is 6. The minimum absolute atomic E-state index is 0. The van der Waals surface area contributed by atoms with Crippen LogP contribution in [-0.4, -0.2) is 69.6 Å². The summed E-state index contributed by atoms with van der Waals surface area (Å²) in [5.41, 5.74) is 1.12. The standard InChI is InChI=1S/C24H26N4O6S2.2ClH/c29-21(27-15-5-1-3-13(7-15)23(31)32)19-9-17(11-25-19)35-36-18-10-20(26-12-18)22(30)28-16-6-2-4-14(8-16)24(33)34;;/h1-8,17-20,25-26H,9-12H2,(H,27,29)(H,28,30)(H,31,32)(H,33,34);2*1H/t17-,18-,19-,20-;;/m0../s1. The fraction of sp³-hybridized carbons (Fsp3) is 0.333. The molecule has 2 amide bonds. The summed E-state index contributed by atoms with van der Waals surface area (Å²) in [5, 5.41) is 30.7. The molecule has 0 saturated carbocycles. The first-order valence-corrected chi connectivity index (χ1v) is 13.6. The lowest BCUT2D eigenvalue weighted by Gasteiger charge is -2.13. The van der Waals surface area contributed by atoms with Gasteiger partial charge in [0.25, 0.3) is 0 Å². The second kappa shape index (κ2) is 14.6. The first kappa shape index (κ1) is 31.7. The van der Waals surface area contributed by atoms with Gasteiger partial charge in [-0.1, -0.05) is 33.7 Å². The van der Waals surface area contributed by atoms with E-state index < -0.39 is 11.9 Å². The maximum Gasteiger partial charge on any atom is 0.335 e. The summed E-state index contributed by atoms with van der Waals surface area (Å²) < 4.78 is 0. The number of hydrogen-bond acceptors (Lipinski definition) is 8. The smallest absolute Gasteiger partial charge is 0.335 e. The Balaban J connectivity index is 0.00000253. The normalized spacial score (nSPS) is 22.0. The van der Waals surface area contributed by atoms with Crippen LogP contribution in [0.15, 0.2) is 48.5 Å². The van der Waals surface area contributed by atoms with E-state index >= 15 is 0 Å². The van der Waals surface area contributed by atoms with Crippen LogP contribution in [0, 0.1) is 0 Å². The quantitative estimate of drug-likeness (QED) is 0.235. The molecule has 0 aromatic heterocycles. The van der Waals surface area contributed by atoms with Crippen LogP contribution in [-0.2, 0) is 9.59 Å². The van der Waals surface area contributed by atoms with E-state index in [0.29, 0.717) is 37.3 Å². The second-order valence-corrected chi connectivity index (χ2v) is 11.5. The van der Waals surface area contributed by atoms with E-state index in [1.807, 2.05) is 0 Å². The predicted octanol–water partition coefficient (Wildman–Crippen LogP) is 3.35. The van der Waals surface area contributed by atoms with Crippen molar-refractivity contribution in [1.82, 2.24) is 10.6 Å². The number of amides is 2. The zero-order valence-electron chi connectivity index (χ0n) is 19.9. The van der Waals surface area contributed by atoms with Crippen LogP contribution in [0.5, 0.6) is 0 Å². The summed E-state index contributed by atoms with van der Waals surface area (Å²) in [5.74, 6) is -2.49. The molecule has 10 nitrogen and oxygen atoms in total. The molecule has 2 saturated heterocycles. The predicted molar refractivity (Wildman–Crippen MR) is 154 cm³/mol. The van der Waals surface area contributed by atoms with E-state index in [9.17, 15) is 19.2 Å². The second-order valence-electron chi connectivity index (χ2n) is 8.58. The lowest BCUT2D eigenvalue weighted by molar-refractivity contribution is -0.118. The van der Waals surface area contributed by atoms with Gasteiger partial charge in [-0.05, 0) is 49.2 Å². The summed E-state index contributed by atoms with van der Waals surface area (Å²) in [4.78, 5) is 47.4. The van der Waals surface area contributed by atoms with E-state index in [1.54, 1.807) is 45.9 Å². The van der Waals surface area contributed by atoms with E-state index in [4.69, 9.17) is 10.2 Å². The third-order valence-electron chi connectivity index (χ3n) is 5.90. The molecular weight excluding hydrogens is 575 g/mol. The molecule has 0 spiro atoms. The fourth-order valence-corrected chi connectivity index (χ4v) is 7.04. The zero-order valence-corrected chi connectivity index (χ0v) is 23.2. The number of carbonyl (C=O) groups excluding carboxylic acids is 2. The van der Waals surface area contributed by atoms with Gasteiger partial charge in [-0.3, -0.25) is 9.59 Å². The fourth-order valence-electron chi connectivity index (χ4n) is 4.03. The number of anilines is 2. The van der Waals surface area contributed by atoms with Gasteiger partial charge in [-0.2, -0.15) is 0 Å². The maximum absolute atomic E-state index is 12.6. The average molecular weight is 604 g/mol. The van der Waals surface area contributed by atoms with Crippen molar-refractivity contribution in [3.8, 4) is 0 Å². The molecule has 38 heavy (non-hydrogen) atoms. The first-order valence-electron chi connectivity index (χ1n) is 11.4. The number of rotatable bonds is 9. The number of nitrogens with one attached hydrogen (secondary N) is 4. The topological polar surface area (TPSA) is 157 Å². The number of carboxylic acids is 2. The van der Waals surface area contributed by atoms with Gasteiger partial charge in [0.15, 0.2) is 0 Å². The molecule has 206 valence electrons. The Morgan fingerprint density at radius 2 is 1.11 bits per heavy atom. The van der Waals surface area contributed by atoms with E-state index in [2.05, 4.69) is 21.3 Å². The Bertz CT molecular complexity index is 1080. The summed E-state index contributed by atoms with van der Waals surface area (Å²) in [7, 11) is 3.39. The Morgan fingerprint density at radius 3 is 1.47 bits per heavy atom. The molecule has 14 heteroatoms. The first-order chi connectivity index (χ1) is 17.3. The van der Waals surface area contributed by atoms with Crippen LogP contribution in [0.4, 0.5) is 11.4 Å². The molecule has 4 rings (SSSR count). The summed E-state index contributed by atoms with van der Waals surface area (Å²) >= 11 is 0. The van der Waals surface area contributed by atoms with Gasteiger partial charge in [-0.25, -0.2) is 9.59 Å². The minimum atomic E-state index is -1.05. The van der Waals surface area contributed by atoms with Crippen LogP contribution in [0.2, 0.25) is 0 Å².